The van der Waals surface area contributed by atoms with E-state index in [-0.39, 0.29) is 6.42 Å². The number of carbonyl (C=O) groups is 1. The highest BCUT2D eigenvalue weighted by Gasteiger charge is 2.20. The molecule has 0 aliphatic carbocycles. The maximum atomic E-state index is 11.7. The Morgan fingerprint density at radius 3 is 2.61 bits per heavy atom. The van der Waals surface area contributed by atoms with Crippen LogP contribution in [0.4, 0.5) is 10.8 Å². The van der Waals surface area contributed by atoms with Gasteiger partial charge in [-0.1, -0.05) is 11.6 Å². The molecule has 0 radical (unpaired) electrons. The Morgan fingerprint density at radius 1 is 1.16 bits per heavy atom. The first-order valence-corrected chi connectivity index (χ1v) is 10.5. The Kier molecular flexibility index (Phi) is 6.06. The number of thiazole rings is 1. The minimum atomic E-state index is -0.445. The van der Waals surface area contributed by atoms with Crippen LogP contribution in [0.15, 0.2) is 30.3 Å². The van der Waals surface area contributed by atoms with Crippen molar-refractivity contribution in [3.05, 3.63) is 40.2 Å². The molecular formula is C21H20ClN3O5S. The van der Waals surface area contributed by atoms with Crippen LogP contribution in [0.3, 0.4) is 0 Å². The van der Waals surface area contributed by atoms with Crippen molar-refractivity contribution in [3.8, 4) is 34.3 Å². The number of hydrogen-bond acceptors (Lipinski definition) is 8. The standard InChI is InChI=1S/C21H20ClN3O5S/c1-27-15-9-16(28-2)13(8-12(15)22)24-21-25-20(18(31-21)10-19(23)26)11-3-4-14-17(7-11)30-6-5-29-14/h3-4,7-9H,5-6,10H2,1-2H3,(H2,23,26)(H,24,25). The Bertz CT molecular complexity index is 1130. The minimum absolute atomic E-state index is 0.0592. The van der Waals surface area contributed by atoms with Crippen molar-refractivity contribution >= 4 is 39.7 Å². The number of nitrogens with two attached hydrogens (primary N) is 1. The summed E-state index contributed by atoms with van der Waals surface area (Å²) in [5.41, 5.74) is 7.51. The molecule has 10 heteroatoms. The number of methoxy groups -OCH3 is 2. The fourth-order valence-electron chi connectivity index (χ4n) is 3.17. The monoisotopic (exact) mass is 461 g/mol. The summed E-state index contributed by atoms with van der Waals surface area (Å²) in [5, 5.41) is 4.20. The SMILES string of the molecule is COc1cc(OC)c(Nc2nc(-c3ccc4c(c3)OCCO4)c(CC(N)=O)s2)cc1Cl. The molecule has 0 saturated heterocycles. The normalized spacial score (nSPS) is 12.4. The summed E-state index contributed by atoms with van der Waals surface area (Å²) >= 11 is 7.59. The molecule has 0 atom stereocenters. The number of nitrogens with zero attached hydrogens (tertiary/aromatic N) is 1. The van der Waals surface area contributed by atoms with Gasteiger partial charge >= 0.3 is 0 Å². The third-order valence-corrected chi connectivity index (χ3v) is 5.83. The highest BCUT2D eigenvalue weighted by atomic mass is 35.5. The molecule has 0 saturated carbocycles. The fourth-order valence-corrected chi connectivity index (χ4v) is 4.42. The van der Waals surface area contributed by atoms with Crippen molar-refractivity contribution in [2.45, 2.75) is 6.42 Å². The quantitative estimate of drug-likeness (QED) is 0.547. The first-order chi connectivity index (χ1) is 15.0. The van der Waals surface area contributed by atoms with Gasteiger partial charge in [0.05, 0.1) is 37.0 Å². The smallest absolute Gasteiger partial charge is 0.222 e. The average molecular weight is 462 g/mol. The number of hydrogen-bond donors (Lipinski definition) is 2. The topological polar surface area (TPSA) is 105 Å². The number of aromatic nitrogens is 1. The summed E-state index contributed by atoms with van der Waals surface area (Å²) < 4.78 is 21.9. The first-order valence-electron chi connectivity index (χ1n) is 9.35. The molecule has 8 nitrogen and oxygen atoms in total. The van der Waals surface area contributed by atoms with E-state index in [0.29, 0.717) is 57.7 Å². The minimum Gasteiger partial charge on any atom is -0.495 e. The van der Waals surface area contributed by atoms with Gasteiger partial charge in [0.15, 0.2) is 16.6 Å². The van der Waals surface area contributed by atoms with Crippen molar-refractivity contribution in [3.63, 3.8) is 0 Å². The van der Waals surface area contributed by atoms with Crippen molar-refractivity contribution in [1.82, 2.24) is 4.98 Å². The Morgan fingerprint density at radius 2 is 1.90 bits per heavy atom. The third-order valence-electron chi connectivity index (χ3n) is 4.56. The van der Waals surface area contributed by atoms with Gasteiger partial charge < -0.3 is 30.0 Å². The molecule has 1 aliphatic rings. The molecule has 3 aromatic rings. The zero-order valence-corrected chi connectivity index (χ0v) is 18.4. The number of carbonyl (C=O) groups excluding carboxylic acids is 1. The van der Waals surface area contributed by atoms with Crippen LogP contribution in [-0.4, -0.2) is 38.3 Å². The van der Waals surface area contributed by atoms with Crippen molar-refractivity contribution in [1.29, 1.82) is 0 Å². The summed E-state index contributed by atoms with van der Waals surface area (Å²) in [5.74, 6) is 1.90. The fraction of sp³-hybridized carbons (Fsp3) is 0.238. The molecule has 1 amide bonds. The van der Waals surface area contributed by atoms with Crippen LogP contribution >= 0.6 is 22.9 Å². The van der Waals surface area contributed by atoms with E-state index in [2.05, 4.69) is 5.32 Å². The lowest BCUT2D eigenvalue weighted by Crippen LogP contribution is -2.15. The second-order valence-corrected chi connectivity index (χ2v) is 8.10. The van der Waals surface area contributed by atoms with Gasteiger partial charge in [0.25, 0.3) is 0 Å². The van der Waals surface area contributed by atoms with Crippen molar-refractivity contribution in [2.24, 2.45) is 5.73 Å². The molecule has 1 aliphatic heterocycles. The number of amides is 1. The van der Waals surface area contributed by atoms with Gasteiger partial charge in [0, 0.05) is 16.5 Å². The van der Waals surface area contributed by atoms with Gasteiger partial charge in [-0.25, -0.2) is 4.98 Å². The molecule has 2 heterocycles. The summed E-state index contributed by atoms with van der Waals surface area (Å²) in [6.45, 7) is 0.989. The van der Waals surface area contributed by atoms with E-state index < -0.39 is 5.91 Å². The molecule has 0 unspecified atom stereocenters. The molecule has 0 fully saturated rings. The Labute approximate surface area is 187 Å². The lowest BCUT2D eigenvalue weighted by molar-refractivity contribution is -0.117. The number of fused-ring (bicyclic) bond motifs is 1. The van der Waals surface area contributed by atoms with E-state index in [0.717, 1.165) is 10.4 Å². The van der Waals surface area contributed by atoms with E-state index in [1.807, 2.05) is 18.2 Å². The van der Waals surface area contributed by atoms with E-state index in [1.165, 1.54) is 18.4 Å². The van der Waals surface area contributed by atoms with Crippen LogP contribution in [-0.2, 0) is 11.2 Å². The predicted octanol–water partition coefficient (Wildman–Crippen LogP) is 4.02. The largest absolute Gasteiger partial charge is 0.495 e. The van der Waals surface area contributed by atoms with Crippen LogP contribution in [0, 0.1) is 0 Å². The molecule has 4 rings (SSSR count). The maximum absolute atomic E-state index is 11.7. The number of anilines is 2. The van der Waals surface area contributed by atoms with Crippen LogP contribution in [0.2, 0.25) is 5.02 Å². The number of primary amides is 1. The molecule has 1 aromatic heterocycles. The summed E-state index contributed by atoms with van der Waals surface area (Å²) in [7, 11) is 3.08. The highest BCUT2D eigenvalue weighted by Crippen LogP contribution is 2.41. The van der Waals surface area contributed by atoms with Gasteiger partial charge in [-0.2, -0.15) is 0 Å². The van der Waals surface area contributed by atoms with E-state index in [4.69, 9.17) is 41.3 Å². The lowest BCUT2D eigenvalue weighted by atomic mass is 10.1. The molecule has 3 N–H and O–H groups in total. The Hall–Kier alpha value is -3.17. The number of benzene rings is 2. The zero-order valence-electron chi connectivity index (χ0n) is 16.9. The number of halogens is 1. The van der Waals surface area contributed by atoms with Gasteiger partial charge in [-0.15, -0.1) is 11.3 Å². The summed E-state index contributed by atoms with van der Waals surface area (Å²) in [6.07, 6.45) is 0.0592. The Balaban J connectivity index is 1.72. The molecule has 2 aromatic carbocycles. The van der Waals surface area contributed by atoms with Crippen LogP contribution in [0.1, 0.15) is 4.88 Å². The molecular weight excluding hydrogens is 442 g/mol. The summed E-state index contributed by atoms with van der Waals surface area (Å²) in [6, 6.07) is 8.93. The van der Waals surface area contributed by atoms with E-state index in [1.54, 1.807) is 19.2 Å². The van der Waals surface area contributed by atoms with E-state index in [9.17, 15) is 4.79 Å². The van der Waals surface area contributed by atoms with Crippen LogP contribution in [0.5, 0.6) is 23.0 Å². The van der Waals surface area contributed by atoms with Gasteiger partial charge in [0.2, 0.25) is 5.91 Å². The lowest BCUT2D eigenvalue weighted by Gasteiger charge is -2.18. The molecule has 0 spiro atoms. The predicted molar refractivity (Wildman–Crippen MR) is 119 cm³/mol. The van der Waals surface area contributed by atoms with Crippen LogP contribution < -0.4 is 30.0 Å². The second kappa shape index (κ2) is 8.91. The molecule has 162 valence electrons. The average Bonchev–Trinajstić information content (AvgIpc) is 3.15. The summed E-state index contributed by atoms with van der Waals surface area (Å²) in [4.78, 5) is 17.1. The van der Waals surface area contributed by atoms with Crippen LogP contribution in [0.25, 0.3) is 11.3 Å². The molecule has 0 bridgehead atoms. The van der Waals surface area contributed by atoms with Gasteiger partial charge in [0.1, 0.15) is 24.7 Å². The van der Waals surface area contributed by atoms with Crippen molar-refractivity contribution < 1.29 is 23.7 Å². The van der Waals surface area contributed by atoms with Gasteiger partial charge in [-0.3, -0.25) is 4.79 Å². The zero-order chi connectivity index (χ0) is 22.0. The van der Waals surface area contributed by atoms with E-state index >= 15 is 0 Å². The number of rotatable bonds is 7. The maximum Gasteiger partial charge on any atom is 0.222 e. The number of ether oxygens (including phenoxy) is 4. The molecule has 31 heavy (non-hydrogen) atoms. The first kappa shape index (κ1) is 21.1. The second-order valence-electron chi connectivity index (χ2n) is 6.60. The number of nitrogens with one attached hydrogen (secondary N) is 1. The van der Waals surface area contributed by atoms with Gasteiger partial charge in [-0.05, 0) is 24.3 Å². The third kappa shape index (κ3) is 4.47. The highest BCUT2D eigenvalue weighted by molar-refractivity contribution is 7.16. The van der Waals surface area contributed by atoms with Crippen molar-refractivity contribution in [2.75, 3.05) is 32.8 Å².